The van der Waals surface area contributed by atoms with Crippen molar-refractivity contribution in [3.8, 4) is 0 Å². The number of aromatic nitrogens is 2. The van der Waals surface area contributed by atoms with E-state index in [0.29, 0.717) is 28.2 Å². The fraction of sp³-hybridized carbons (Fsp3) is 0.600. The Morgan fingerprint density at radius 3 is 2.57 bits per heavy atom. The van der Waals surface area contributed by atoms with Gasteiger partial charge in [0, 0.05) is 7.11 Å². The minimum absolute atomic E-state index is 0.280. The van der Waals surface area contributed by atoms with Crippen LogP contribution in [0.25, 0.3) is 10.2 Å². The highest BCUT2D eigenvalue weighted by atomic mass is 32.1. The van der Waals surface area contributed by atoms with Crippen LogP contribution in [-0.2, 0) is 21.6 Å². The number of carbonyl (C=O) groups excluding carboxylic acids is 1. The summed E-state index contributed by atoms with van der Waals surface area (Å²) < 4.78 is 13.3. The number of hydrazone groups is 1. The normalized spacial score (nSPS) is 15.7. The number of aryl methyl sites for hydroxylation is 1. The first kappa shape index (κ1) is 22.2. The molecule has 1 aliphatic rings. The highest BCUT2D eigenvalue weighted by Gasteiger charge is 2.43. The van der Waals surface area contributed by atoms with Crippen LogP contribution in [0.1, 0.15) is 51.0 Å². The Labute approximate surface area is 178 Å². The Bertz CT molecular complexity index is 1120. The van der Waals surface area contributed by atoms with Crippen molar-refractivity contribution in [2.24, 2.45) is 5.10 Å². The molecule has 0 bridgehead atoms. The molecule has 1 amide bonds. The van der Waals surface area contributed by atoms with Crippen LogP contribution >= 0.6 is 11.3 Å². The molecule has 1 fully saturated rings. The first-order valence-corrected chi connectivity index (χ1v) is 10.6. The third-order valence-electron chi connectivity index (χ3n) is 5.02. The van der Waals surface area contributed by atoms with Gasteiger partial charge in [-0.3, -0.25) is 13.9 Å². The number of rotatable bonds is 6. The third kappa shape index (κ3) is 4.34. The summed E-state index contributed by atoms with van der Waals surface area (Å²) in [6, 6.07) is 0. The summed E-state index contributed by atoms with van der Waals surface area (Å²) in [5.74, 6) is 0. The van der Waals surface area contributed by atoms with E-state index in [2.05, 4.69) is 10.5 Å². The highest BCUT2D eigenvalue weighted by molar-refractivity contribution is 7.20. The van der Waals surface area contributed by atoms with Gasteiger partial charge in [-0.05, 0) is 53.0 Å². The molecule has 0 radical (unpaired) electrons. The molecule has 0 unspecified atom stereocenters. The molecular weight excluding hydrogens is 408 g/mol. The second-order valence-corrected chi connectivity index (χ2v) is 9.74. The molecule has 9 nitrogen and oxygen atoms in total. The van der Waals surface area contributed by atoms with E-state index in [0.717, 1.165) is 18.4 Å². The summed E-state index contributed by atoms with van der Waals surface area (Å²) >= 11 is 1.29. The zero-order chi connectivity index (χ0) is 22.3. The summed E-state index contributed by atoms with van der Waals surface area (Å²) in [6.45, 7) is 9.72. The van der Waals surface area contributed by atoms with Crippen molar-refractivity contribution in [2.75, 3.05) is 13.7 Å². The fourth-order valence-electron chi connectivity index (χ4n) is 3.19. The van der Waals surface area contributed by atoms with Gasteiger partial charge in [-0.1, -0.05) is 0 Å². The summed E-state index contributed by atoms with van der Waals surface area (Å²) in [5.41, 5.74) is 1.38. The summed E-state index contributed by atoms with van der Waals surface area (Å²) in [7, 11) is 1.57. The van der Waals surface area contributed by atoms with Crippen LogP contribution in [0.2, 0.25) is 0 Å². The predicted molar refractivity (Wildman–Crippen MR) is 117 cm³/mol. The SMILES string of the molecule is COCCn1c(=O)n(C2(C)CC2)c(=O)c2c(C)c(/C=N/NC(=O)OC(C)(C)C)sc21. The number of methoxy groups -OCH3 is 1. The van der Waals surface area contributed by atoms with Crippen molar-refractivity contribution in [3.63, 3.8) is 0 Å². The van der Waals surface area contributed by atoms with Gasteiger partial charge in [0.15, 0.2) is 0 Å². The topological polar surface area (TPSA) is 104 Å². The van der Waals surface area contributed by atoms with Gasteiger partial charge in [0.05, 0.1) is 35.2 Å². The molecule has 3 rings (SSSR count). The van der Waals surface area contributed by atoms with Crippen LogP contribution in [0.3, 0.4) is 0 Å². The number of ether oxygens (including phenoxy) is 2. The van der Waals surface area contributed by atoms with Gasteiger partial charge in [-0.2, -0.15) is 5.10 Å². The molecule has 0 aliphatic heterocycles. The number of hydrogen-bond acceptors (Lipinski definition) is 7. The third-order valence-corrected chi connectivity index (χ3v) is 6.27. The molecular formula is C20H28N4O5S. The molecule has 1 aliphatic carbocycles. The van der Waals surface area contributed by atoms with E-state index in [9.17, 15) is 14.4 Å². The molecule has 164 valence electrons. The molecule has 0 saturated heterocycles. The molecule has 10 heteroatoms. The highest BCUT2D eigenvalue weighted by Crippen LogP contribution is 2.41. The Morgan fingerprint density at radius 1 is 1.33 bits per heavy atom. The Balaban J connectivity index is 2.05. The Morgan fingerprint density at radius 2 is 2.00 bits per heavy atom. The molecule has 2 heterocycles. The maximum atomic E-state index is 13.2. The maximum Gasteiger partial charge on any atom is 0.428 e. The van der Waals surface area contributed by atoms with Crippen molar-refractivity contribution in [2.45, 2.75) is 65.1 Å². The minimum atomic E-state index is -0.668. The van der Waals surface area contributed by atoms with E-state index in [-0.39, 0.29) is 11.2 Å². The average Bonchev–Trinajstić information content (AvgIpc) is 3.27. The Hall–Kier alpha value is -2.46. The molecule has 1 N–H and O–H groups in total. The molecule has 0 spiro atoms. The lowest BCUT2D eigenvalue weighted by atomic mass is 10.2. The van der Waals surface area contributed by atoms with Gasteiger partial charge >= 0.3 is 11.8 Å². The lowest BCUT2D eigenvalue weighted by Gasteiger charge is -2.18. The van der Waals surface area contributed by atoms with Crippen molar-refractivity contribution < 1.29 is 14.3 Å². The number of nitrogens with one attached hydrogen (secondary N) is 1. The summed E-state index contributed by atoms with van der Waals surface area (Å²) in [5, 5.41) is 4.45. The monoisotopic (exact) mass is 436 g/mol. The van der Waals surface area contributed by atoms with Gasteiger partial charge < -0.3 is 9.47 Å². The zero-order valence-corrected chi connectivity index (χ0v) is 19.0. The number of amides is 1. The average molecular weight is 437 g/mol. The molecule has 2 aromatic rings. The second kappa shape index (κ2) is 7.99. The fourth-order valence-corrected chi connectivity index (χ4v) is 4.38. The van der Waals surface area contributed by atoms with Crippen LogP contribution in [0.5, 0.6) is 0 Å². The quantitative estimate of drug-likeness (QED) is 0.554. The summed E-state index contributed by atoms with van der Waals surface area (Å²) in [4.78, 5) is 39.4. The standard InChI is InChI=1S/C20H28N4O5S/c1-12-13(11-21-22-17(26)29-19(2,3)4)30-16-14(12)15(25)24(20(5)7-8-20)18(27)23(16)9-10-28-6/h11H,7-10H2,1-6H3,(H,22,26)/b21-11+. The summed E-state index contributed by atoms with van der Waals surface area (Å²) in [6.07, 6.45) is 2.40. The molecule has 1 saturated carbocycles. The van der Waals surface area contributed by atoms with Crippen LogP contribution in [0.15, 0.2) is 14.7 Å². The second-order valence-electron chi connectivity index (χ2n) is 8.71. The van der Waals surface area contributed by atoms with E-state index in [1.807, 2.05) is 13.8 Å². The minimum Gasteiger partial charge on any atom is -0.443 e. The number of fused-ring (bicyclic) bond motifs is 1. The van der Waals surface area contributed by atoms with E-state index < -0.39 is 17.2 Å². The van der Waals surface area contributed by atoms with Gasteiger partial charge in [0.2, 0.25) is 0 Å². The van der Waals surface area contributed by atoms with Crippen LogP contribution in [0, 0.1) is 6.92 Å². The van der Waals surface area contributed by atoms with Crippen molar-refractivity contribution in [1.82, 2.24) is 14.6 Å². The smallest absolute Gasteiger partial charge is 0.428 e. The van der Waals surface area contributed by atoms with Crippen molar-refractivity contribution >= 4 is 33.9 Å². The van der Waals surface area contributed by atoms with Crippen LogP contribution in [0.4, 0.5) is 4.79 Å². The molecule has 0 aromatic carbocycles. The van der Waals surface area contributed by atoms with Gasteiger partial charge in [0.1, 0.15) is 10.4 Å². The van der Waals surface area contributed by atoms with E-state index in [4.69, 9.17) is 9.47 Å². The first-order chi connectivity index (χ1) is 14.0. The van der Waals surface area contributed by atoms with Gasteiger partial charge in [-0.25, -0.2) is 15.0 Å². The van der Waals surface area contributed by atoms with Crippen LogP contribution in [-0.4, -0.2) is 40.8 Å². The van der Waals surface area contributed by atoms with Gasteiger partial charge in [-0.15, -0.1) is 11.3 Å². The lowest BCUT2D eigenvalue weighted by molar-refractivity contribution is 0.0529. The first-order valence-electron chi connectivity index (χ1n) is 9.79. The van der Waals surface area contributed by atoms with E-state index in [1.54, 1.807) is 32.4 Å². The largest absolute Gasteiger partial charge is 0.443 e. The van der Waals surface area contributed by atoms with Crippen molar-refractivity contribution in [1.29, 1.82) is 0 Å². The predicted octanol–water partition coefficient (Wildman–Crippen LogP) is 2.55. The van der Waals surface area contributed by atoms with Crippen LogP contribution < -0.4 is 16.7 Å². The van der Waals surface area contributed by atoms with Crippen molar-refractivity contribution in [3.05, 3.63) is 31.3 Å². The molecule has 0 atom stereocenters. The van der Waals surface area contributed by atoms with E-state index in [1.165, 1.54) is 22.1 Å². The zero-order valence-electron chi connectivity index (χ0n) is 18.2. The van der Waals surface area contributed by atoms with Gasteiger partial charge in [0.25, 0.3) is 5.56 Å². The number of thiophene rings is 1. The molecule has 2 aromatic heterocycles. The number of carbonyl (C=O) groups is 1. The number of hydrogen-bond donors (Lipinski definition) is 1. The molecule has 30 heavy (non-hydrogen) atoms. The maximum absolute atomic E-state index is 13.2. The lowest BCUT2D eigenvalue weighted by Crippen LogP contribution is -2.45. The number of nitrogens with zero attached hydrogens (tertiary/aromatic N) is 3. The Kier molecular flexibility index (Phi) is 5.92. The van der Waals surface area contributed by atoms with E-state index >= 15 is 0 Å².